The number of dihydropyridines is 1. The van der Waals surface area contributed by atoms with Crippen molar-refractivity contribution in [3.05, 3.63) is 52.6 Å². The van der Waals surface area contributed by atoms with Crippen LogP contribution in [0.5, 0.6) is 0 Å². The maximum atomic E-state index is 12.6. The monoisotopic (exact) mass is 345 g/mol. The third kappa shape index (κ3) is 3.90. The third-order valence-corrected chi connectivity index (χ3v) is 4.05. The lowest BCUT2D eigenvalue weighted by Gasteiger charge is -2.29. The van der Waals surface area contributed by atoms with E-state index >= 15 is 0 Å². The van der Waals surface area contributed by atoms with Gasteiger partial charge in [-0.3, -0.25) is 0 Å². The molecule has 0 saturated heterocycles. The lowest BCUT2D eigenvalue weighted by molar-refractivity contribution is -0.671. The van der Waals surface area contributed by atoms with Gasteiger partial charge in [0, 0.05) is 23.0 Å². The number of hydrogen-bond donors (Lipinski definition) is 1. The van der Waals surface area contributed by atoms with Gasteiger partial charge in [0.25, 0.3) is 0 Å². The van der Waals surface area contributed by atoms with Crippen molar-refractivity contribution in [3.8, 4) is 0 Å². The zero-order chi connectivity index (χ0) is 18.6. The Kier molecular flexibility index (Phi) is 5.96. The van der Waals surface area contributed by atoms with Crippen LogP contribution < -0.4 is 9.88 Å². The van der Waals surface area contributed by atoms with E-state index in [0.717, 1.165) is 5.56 Å². The summed E-state index contributed by atoms with van der Waals surface area (Å²) in [5.74, 6) is -1.40. The molecule has 0 saturated carbocycles. The average molecular weight is 345 g/mol. The predicted molar refractivity (Wildman–Crippen MR) is 92.2 cm³/mol. The topological polar surface area (TPSA) is 68.5 Å². The van der Waals surface area contributed by atoms with Crippen LogP contribution in [0.2, 0.25) is 0 Å². The van der Waals surface area contributed by atoms with Gasteiger partial charge in [-0.1, -0.05) is 0 Å². The number of nitrogens with zero attached hydrogens (tertiary/aromatic N) is 1. The fraction of sp³-hybridized carbons (Fsp3) is 0.421. The number of nitrogens with one attached hydrogen (secondary N) is 1. The van der Waals surface area contributed by atoms with Crippen LogP contribution in [-0.2, 0) is 26.1 Å². The molecule has 0 spiro atoms. The second-order valence-electron chi connectivity index (χ2n) is 5.88. The molecule has 1 aromatic rings. The molecule has 1 aromatic heterocycles. The molecule has 1 aliphatic heterocycles. The number of pyridine rings is 1. The second kappa shape index (κ2) is 7.96. The summed E-state index contributed by atoms with van der Waals surface area (Å²) in [5.41, 5.74) is 3.06. The van der Waals surface area contributed by atoms with E-state index in [1.54, 1.807) is 13.8 Å². The number of carbonyl (C=O) groups is 2. The Bertz CT molecular complexity index is 710. The van der Waals surface area contributed by atoms with Crippen molar-refractivity contribution in [1.29, 1.82) is 0 Å². The zero-order valence-electron chi connectivity index (χ0n) is 15.4. The van der Waals surface area contributed by atoms with Crippen molar-refractivity contribution in [2.45, 2.75) is 33.6 Å². The summed E-state index contributed by atoms with van der Waals surface area (Å²) in [7, 11) is 1.89. The molecule has 0 amide bonds. The summed E-state index contributed by atoms with van der Waals surface area (Å²) in [6, 6.07) is 3.78. The number of esters is 2. The second-order valence-corrected chi connectivity index (χ2v) is 5.88. The SMILES string of the molecule is CCOC(=O)C1=C(C)NC(C)=C(C(=O)OCC)C1c1ccc[n+](C)c1. The van der Waals surface area contributed by atoms with E-state index < -0.39 is 17.9 Å². The molecule has 1 N–H and O–H groups in total. The lowest BCUT2D eigenvalue weighted by Crippen LogP contribution is -2.34. The molecule has 0 atom stereocenters. The van der Waals surface area contributed by atoms with Crippen LogP contribution in [-0.4, -0.2) is 25.2 Å². The molecule has 2 heterocycles. The van der Waals surface area contributed by atoms with Crippen molar-refractivity contribution >= 4 is 11.9 Å². The van der Waals surface area contributed by atoms with Crippen LogP contribution in [0.25, 0.3) is 0 Å². The largest absolute Gasteiger partial charge is 0.463 e. The average Bonchev–Trinajstić information content (AvgIpc) is 2.54. The summed E-state index contributed by atoms with van der Waals surface area (Å²) in [6.45, 7) is 7.68. The van der Waals surface area contributed by atoms with E-state index in [1.807, 2.05) is 50.0 Å². The van der Waals surface area contributed by atoms with Crippen molar-refractivity contribution < 1.29 is 23.6 Å². The van der Waals surface area contributed by atoms with Crippen LogP contribution in [0, 0.1) is 0 Å². The Morgan fingerprint density at radius 1 is 1.08 bits per heavy atom. The first kappa shape index (κ1) is 18.7. The number of hydrogen-bond acceptors (Lipinski definition) is 5. The summed E-state index contributed by atoms with van der Waals surface area (Å²) < 4.78 is 12.4. The molecule has 25 heavy (non-hydrogen) atoms. The summed E-state index contributed by atoms with van der Waals surface area (Å²) in [4.78, 5) is 25.2. The van der Waals surface area contributed by atoms with Gasteiger partial charge in [-0.15, -0.1) is 0 Å². The molecular weight excluding hydrogens is 320 g/mol. The molecular formula is C19H25N2O4+. The molecule has 0 fully saturated rings. The summed E-state index contributed by atoms with van der Waals surface area (Å²) >= 11 is 0. The Balaban J connectivity index is 2.64. The van der Waals surface area contributed by atoms with Gasteiger partial charge in [-0.2, -0.15) is 0 Å². The van der Waals surface area contributed by atoms with Gasteiger partial charge in [0.2, 0.25) is 0 Å². The fourth-order valence-corrected chi connectivity index (χ4v) is 3.07. The third-order valence-electron chi connectivity index (χ3n) is 4.05. The van der Waals surface area contributed by atoms with Gasteiger partial charge < -0.3 is 14.8 Å². The van der Waals surface area contributed by atoms with Crippen LogP contribution in [0.15, 0.2) is 47.1 Å². The molecule has 6 nitrogen and oxygen atoms in total. The van der Waals surface area contributed by atoms with E-state index in [9.17, 15) is 9.59 Å². The normalized spacial score (nSPS) is 15.1. The Labute approximate surface area is 148 Å². The lowest BCUT2D eigenvalue weighted by atomic mass is 9.81. The first-order valence-electron chi connectivity index (χ1n) is 8.38. The quantitative estimate of drug-likeness (QED) is 0.652. The van der Waals surface area contributed by atoms with Crippen LogP contribution in [0.3, 0.4) is 0 Å². The van der Waals surface area contributed by atoms with Gasteiger partial charge >= 0.3 is 11.9 Å². The van der Waals surface area contributed by atoms with E-state index in [4.69, 9.17) is 9.47 Å². The number of carbonyl (C=O) groups excluding carboxylic acids is 2. The number of aromatic nitrogens is 1. The minimum absolute atomic E-state index is 0.266. The van der Waals surface area contributed by atoms with Crippen molar-refractivity contribution in [2.24, 2.45) is 7.05 Å². The van der Waals surface area contributed by atoms with E-state index in [1.165, 1.54) is 0 Å². The Morgan fingerprint density at radius 3 is 2.04 bits per heavy atom. The number of aryl methyl sites for hydroxylation is 1. The van der Waals surface area contributed by atoms with Gasteiger partial charge in [0.1, 0.15) is 7.05 Å². The van der Waals surface area contributed by atoms with E-state index in [-0.39, 0.29) is 13.2 Å². The minimum Gasteiger partial charge on any atom is -0.463 e. The number of allylic oxidation sites excluding steroid dienone is 2. The molecule has 0 unspecified atom stereocenters. The summed E-state index contributed by atoms with van der Waals surface area (Å²) in [5, 5.41) is 3.12. The fourth-order valence-electron chi connectivity index (χ4n) is 3.07. The first-order valence-corrected chi connectivity index (χ1v) is 8.38. The van der Waals surface area contributed by atoms with E-state index in [2.05, 4.69) is 5.32 Å². The maximum Gasteiger partial charge on any atom is 0.336 e. The Hall–Kier alpha value is -2.63. The van der Waals surface area contributed by atoms with Gasteiger partial charge in [0.15, 0.2) is 12.4 Å². The Morgan fingerprint density at radius 2 is 1.60 bits per heavy atom. The highest BCUT2D eigenvalue weighted by molar-refractivity contribution is 5.99. The highest BCUT2D eigenvalue weighted by atomic mass is 16.5. The standard InChI is InChI=1S/C19H24N2O4/c1-6-24-18(22)15-12(3)20-13(4)16(19(23)25-7-2)17(15)14-9-8-10-21(5)11-14/h8-11,17H,6-7H2,1-5H3/p+1. The van der Waals surface area contributed by atoms with Crippen LogP contribution >= 0.6 is 0 Å². The number of rotatable bonds is 5. The predicted octanol–water partition coefficient (Wildman–Crippen LogP) is 1.87. The van der Waals surface area contributed by atoms with Crippen LogP contribution in [0.1, 0.15) is 39.2 Å². The number of ether oxygens (including phenoxy) is 2. The molecule has 0 radical (unpaired) electrons. The molecule has 0 bridgehead atoms. The van der Waals surface area contributed by atoms with Crippen molar-refractivity contribution in [2.75, 3.05) is 13.2 Å². The molecule has 134 valence electrons. The van der Waals surface area contributed by atoms with Gasteiger partial charge in [0.05, 0.1) is 30.3 Å². The molecule has 0 aliphatic carbocycles. The smallest absolute Gasteiger partial charge is 0.336 e. The highest BCUT2D eigenvalue weighted by Gasteiger charge is 2.38. The molecule has 2 rings (SSSR count). The first-order chi connectivity index (χ1) is 11.9. The van der Waals surface area contributed by atoms with Crippen molar-refractivity contribution in [3.63, 3.8) is 0 Å². The minimum atomic E-state index is -0.535. The summed E-state index contributed by atoms with van der Waals surface area (Å²) in [6.07, 6.45) is 3.79. The van der Waals surface area contributed by atoms with Crippen molar-refractivity contribution in [1.82, 2.24) is 5.32 Å². The molecule has 1 aliphatic rings. The van der Waals surface area contributed by atoms with Crippen LogP contribution in [0.4, 0.5) is 0 Å². The maximum absolute atomic E-state index is 12.6. The highest BCUT2D eigenvalue weighted by Crippen LogP contribution is 2.38. The van der Waals surface area contributed by atoms with Gasteiger partial charge in [-0.05, 0) is 33.8 Å². The van der Waals surface area contributed by atoms with Gasteiger partial charge in [-0.25, -0.2) is 14.2 Å². The zero-order valence-corrected chi connectivity index (χ0v) is 15.4. The van der Waals surface area contributed by atoms with E-state index in [0.29, 0.717) is 22.5 Å². The molecule has 0 aromatic carbocycles. The molecule has 6 heteroatoms.